The fourth-order valence-electron chi connectivity index (χ4n) is 1.12. The van der Waals surface area contributed by atoms with E-state index >= 15 is 0 Å². The second kappa shape index (κ2) is 3.30. The van der Waals surface area contributed by atoms with Crippen molar-refractivity contribution in [2.24, 2.45) is 0 Å². The van der Waals surface area contributed by atoms with Crippen LogP contribution in [0.25, 0.3) is 0 Å². The highest BCUT2D eigenvalue weighted by molar-refractivity contribution is 5.95. The molecule has 1 aliphatic rings. The molecule has 1 aromatic carbocycles. The maximum Gasteiger partial charge on any atom is 0.322 e. The molecule has 0 radical (unpaired) electrons. The fraction of sp³-hybridized carbons (Fsp3) is 0.111. The Morgan fingerprint density at radius 1 is 0.933 bits per heavy atom. The normalized spacial score (nSPS) is 15.1. The molecule has 0 unspecified atom stereocenters. The van der Waals surface area contributed by atoms with Gasteiger partial charge in [-0.05, 0) is 12.1 Å². The lowest BCUT2D eigenvalue weighted by molar-refractivity contribution is -0.142. The zero-order valence-corrected chi connectivity index (χ0v) is 7.25. The molecule has 1 aromatic rings. The summed E-state index contributed by atoms with van der Waals surface area (Å²) in [7, 11) is 0. The molecule has 0 saturated carbocycles. The molecule has 1 aliphatic heterocycles. The zero-order chi connectivity index (χ0) is 11.0. The number of carbonyl (C=O) groups excluding carboxylic acids is 2. The van der Waals surface area contributed by atoms with E-state index in [-0.39, 0.29) is 0 Å². The van der Waals surface area contributed by atoms with Gasteiger partial charge in [0.2, 0.25) is 11.5 Å². The van der Waals surface area contributed by atoms with E-state index in [4.69, 9.17) is 0 Å². The van der Waals surface area contributed by atoms with Crippen molar-refractivity contribution in [1.29, 1.82) is 0 Å². The SMILES string of the molecule is O=C1CC(=O)Oc2c(F)ccc(F)c2O1. The molecule has 78 valence electrons. The summed E-state index contributed by atoms with van der Waals surface area (Å²) in [6, 6.07) is 1.56. The van der Waals surface area contributed by atoms with Crippen LogP contribution in [0.1, 0.15) is 6.42 Å². The van der Waals surface area contributed by atoms with Crippen LogP contribution in [0, 0.1) is 11.6 Å². The number of ether oxygens (including phenoxy) is 2. The Balaban J connectivity index is 2.59. The Kier molecular flexibility index (Phi) is 2.11. The summed E-state index contributed by atoms with van der Waals surface area (Å²) in [6.07, 6.45) is -0.673. The van der Waals surface area contributed by atoms with Crippen LogP contribution in [0.5, 0.6) is 11.5 Å². The summed E-state index contributed by atoms with van der Waals surface area (Å²) in [4.78, 5) is 21.8. The van der Waals surface area contributed by atoms with E-state index in [1.807, 2.05) is 0 Å². The van der Waals surface area contributed by atoms with E-state index in [1.165, 1.54) is 0 Å². The van der Waals surface area contributed by atoms with Gasteiger partial charge in [-0.25, -0.2) is 8.78 Å². The monoisotopic (exact) mass is 214 g/mol. The number of rotatable bonds is 0. The summed E-state index contributed by atoms with van der Waals surface area (Å²) >= 11 is 0. The molecule has 15 heavy (non-hydrogen) atoms. The smallest absolute Gasteiger partial charge is 0.322 e. The van der Waals surface area contributed by atoms with E-state index < -0.39 is 41.5 Å². The van der Waals surface area contributed by atoms with Gasteiger partial charge < -0.3 is 9.47 Å². The van der Waals surface area contributed by atoms with Gasteiger partial charge in [0.1, 0.15) is 6.42 Å². The molecule has 4 nitrogen and oxygen atoms in total. The molecule has 0 atom stereocenters. The molecule has 0 aliphatic carbocycles. The molecule has 0 bridgehead atoms. The number of benzene rings is 1. The second-order valence-corrected chi connectivity index (χ2v) is 2.81. The first-order valence-corrected chi connectivity index (χ1v) is 3.97. The van der Waals surface area contributed by atoms with Crippen LogP contribution in [0.4, 0.5) is 8.78 Å². The Labute approximate surface area is 82.4 Å². The van der Waals surface area contributed by atoms with Crippen LogP contribution in [0.15, 0.2) is 12.1 Å². The third-order valence-electron chi connectivity index (χ3n) is 1.74. The molecule has 0 spiro atoms. The summed E-state index contributed by atoms with van der Waals surface area (Å²) in [5.74, 6) is -5.27. The fourth-order valence-corrected chi connectivity index (χ4v) is 1.12. The second-order valence-electron chi connectivity index (χ2n) is 2.81. The lowest BCUT2D eigenvalue weighted by Crippen LogP contribution is -2.13. The molecule has 0 amide bonds. The Morgan fingerprint density at radius 3 is 1.73 bits per heavy atom. The summed E-state index contributed by atoms with van der Waals surface area (Å²) < 4.78 is 35.1. The summed E-state index contributed by atoms with van der Waals surface area (Å²) in [5.41, 5.74) is 0. The van der Waals surface area contributed by atoms with Crippen molar-refractivity contribution < 1.29 is 27.8 Å². The van der Waals surface area contributed by atoms with Crippen molar-refractivity contribution in [1.82, 2.24) is 0 Å². The average molecular weight is 214 g/mol. The lowest BCUT2D eigenvalue weighted by Gasteiger charge is -2.05. The van der Waals surface area contributed by atoms with Gasteiger partial charge in [0, 0.05) is 0 Å². The van der Waals surface area contributed by atoms with Crippen LogP contribution in [-0.2, 0) is 9.59 Å². The molecule has 6 heteroatoms. The largest absolute Gasteiger partial charge is 0.419 e. The number of hydrogen-bond acceptors (Lipinski definition) is 4. The van der Waals surface area contributed by atoms with E-state index in [9.17, 15) is 18.4 Å². The standard InChI is InChI=1S/C9H4F2O4/c10-4-1-2-5(11)9-8(4)14-6(12)3-7(13)15-9/h1-2H,3H2. The van der Waals surface area contributed by atoms with Gasteiger partial charge in [-0.2, -0.15) is 0 Å². The summed E-state index contributed by atoms with van der Waals surface area (Å²) in [6.45, 7) is 0. The molecule has 0 aromatic heterocycles. The van der Waals surface area contributed by atoms with Crippen LogP contribution in [0.3, 0.4) is 0 Å². The van der Waals surface area contributed by atoms with Crippen molar-refractivity contribution in [2.75, 3.05) is 0 Å². The average Bonchev–Trinajstić information content (AvgIpc) is 2.31. The van der Waals surface area contributed by atoms with Crippen LogP contribution in [0.2, 0.25) is 0 Å². The molecule has 0 saturated heterocycles. The van der Waals surface area contributed by atoms with E-state index in [1.54, 1.807) is 0 Å². The minimum absolute atomic E-state index is 0.673. The highest BCUT2D eigenvalue weighted by Crippen LogP contribution is 2.35. The molecular formula is C9H4F2O4. The van der Waals surface area contributed by atoms with Gasteiger partial charge >= 0.3 is 11.9 Å². The van der Waals surface area contributed by atoms with Gasteiger partial charge in [0.15, 0.2) is 11.6 Å². The number of halogens is 2. The maximum atomic E-state index is 13.1. The van der Waals surface area contributed by atoms with Crippen LogP contribution in [-0.4, -0.2) is 11.9 Å². The zero-order valence-electron chi connectivity index (χ0n) is 7.25. The lowest BCUT2D eigenvalue weighted by atomic mass is 10.3. The van der Waals surface area contributed by atoms with Gasteiger partial charge in [0.25, 0.3) is 0 Å². The molecule has 1 heterocycles. The Bertz CT molecular complexity index is 415. The van der Waals surface area contributed by atoms with Crippen molar-refractivity contribution in [2.45, 2.75) is 6.42 Å². The molecule has 2 rings (SSSR count). The first-order chi connectivity index (χ1) is 7.08. The first-order valence-electron chi connectivity index (χ1n) is 3.97. The van der Waals surface area contributed by atoms with Gasteiger partial charge in [-0.15, -0.1) is 0 Å². The van der Waals surface area contributed by atoms with E-state index in [2.05, 4.69) is 9.47 Å². The third kappa shape index (κ3) is 1.65. The van der Waals surface area contributed by atoms with Crippen molar-refractivity contribution in [3.05, 3.63) is 23.8 Å². The maximum absolute atomic E-state index is 13.1. The topological polar surface area (TPSA) is 52.6 Å². The number of fused-ring (bicyclic) bond motifs is 1. The van der Waals surface area contributed by atoms with E-state index in [0.29, 0.717) is 0 Å². The predicted octanol–water partition coefficient (Wildman–Crippen LogP) is 1.18. The van der Waals surface area contributed by atoms with Crippen molar-refractivity contribution >= 4 is 11.9 Å². The first kappa shape index (κ1) is 9.57. The minimum Gasteiger partial charge on any atom is -0.419 e. The van der Waals surface area contributed by atoms with Crippen LogP contribution < -0.4 is 9.47 Å². The summed E-state index contributed by atoms with van der Waals surface area (Å²) in [5, 5.41) is 0. The Hall–Kier alpha value is -1.98. The van der Waals surface area contributed by atoms with Crippen LogP contribution >= 0.6 is 0 Å². The van der Waals surface area contributed by atoms with Gasteiger partial charge in [0.05, 0.1) is 0 Å². The minimum atomic E-state index is -0.983. The van der Waals surface area contributed by atoms with Crippen molar-refractivity contribution in [3.8, 4) is 11.5 Å². The van der Waals surface area contributed by atoms with Gasteiger partial charge in [-0.3, -0.25) is 9.59 Å². The van der Waals surface area contributed by atoms with Gasteiger partial charge in [-0.1, -0.05) is 0 Å². The van der Waals surface area contributed by atoms with Crippen molar-refractivity contribution in [3.63, 3.8) is 0 Å². The number of hydrogen-bond donors (Lipinski definition) is 0. The highest BCUT2D eigenvalue weighted by atomic mass is 19.1. The molecular weight excluding hydrogens is 210 g/mol. The molecule has 0 fully saturated rings. The highest BCUT2D eigenvalue weighted by Gasteiger charge is 2.27. The predicted molar refractivity (Wildman–Crippen MR) is 42.2 cm³/mol. The quantitative estimate of drug-likeness (QED) is 0.369. The number of esters is 2. The third-order valence-corrected chi connectivity index (χ3v) is 1.74. The van der Waals surface area contributed by atoms with E-state index in [0.717, 1.165) is 12.1 Å². The number of carbonyl (C=O) groups is 2. The Morgan fingerprint density at radius 2 is 1.33 bits per heavy atom. The molecule has 0 N–H and O–H groups in total.